The first-order valence-electron chi connectivity index (χ1n) is 5.28. The van der Waals surface area contributed by atoms with Crippen molar-refractivity contribution in [1.29, 1.82) is 0 Å². The van der Waals surface area contributed by atoms with Crippen LogP contribution in [0.2, 0.25) is 0 Å². The molecule has 0 fully saturated rings. The predicted molar refractivity (Wildman–Crippen MR) is 61.9 cm³/mol. The first kappa shape index (κ1) is 10.6. The summed E-state index contributed by atoms with van der Waals surface area (Å²) < 4.78 is 1.86. The molecule has 2 rings (SSSR count). The van der Waals surface area contributed by atoms with Crippen LogP contribution in [-0.4, -0.2) is 19.7 Å². The SMILES string of the molecule is CCn1ncnc1Cc1cc(C)cnc1N. The van der Waals surface area contributed by atoms with Gasteiger partial charge in [-0.25, -0.2) is 9.97 Å². The largest absolute Gasteiger partial charge is 0.383 e. The second kappa shape index (κ2) is 4.30. The predicted octanol–water partition coefficient (Wildman–Crippen LogP) is 1.17. The van der Waals surface area contributed by atoms with Gasteiger partial charge in [-0.1, -0.05) is 6.07 Å². The van der Waals surface area contributed by atoms with E-state index in [2.05, 4.69) is 15.1 Å². The van der Waals surface area contributed by atoms with Crippen molar-refractivity contribution in [2.75, 3.05) is 5.73 Å². The summed E-state index contributed by atoms with van der Waals surface area (Å²) in [4.78, 5) is 8.36. The number of nitrogens with zero attached hydrogens (tertiary/aromatic N) is 4. The molecule has 0 aliphatic heterocycles. The summed E-state index contributed by atoms with van der Waals surface area (Å²) in [5.41, 5.74) is 7.93. The average molecular weight is 217 g/mol. The van der Waals surface area contributed by atoms with Crippen molar-refractivity contribution in [2.45, 2.75) is 26.8 Å². The zero-order valence-electron chi connectivity index (χ0n) is 9.51. The Balaban J connectivity index is 2.30. The van der Waals surface area contributed by atoms with Crippen molar-refractivity contribution in [3.63, 3.8) is 0 Å². The number of anilines is 1. The molecule has 0 bridgehead atoms. The number of pyridine rings is 1. The zero-order chi connectivity index (χ0) is 11.5. The first-order chi connectivity index (χ1) is 7.70. The molecule has 0 aromatic carbocycles. The number of aromatic nitrogens is 4. The Morgan fingerprint density at radius 1 is 1.38 bits per heavy atom. The lowest BCUT2D eigenvalue weighted by molar-refractivity contribution is 0.624. The van der Waals surface area contributed by atoms with Gasteiger partial charge in [0.05, 0.1) is 0 Å². The molecule has 2 heterocycles. The molecular formula is C11H15N5. The van der Waals surface area contributed by atoms with Gasteiger partial charge < -0.3 is 5.73 Å². The third kappa shape index (κ3) is 2.03. The van der Waals surface area contributed by atoms with Crippen LogP contribution >= 0.6 is 0 Å². The maximum atomic E-state index is 5.83. The van der Waals surface area contributed by atoms with Gasteiger partial charge in [0, 0.05) is 24.7 Å². The van der Waals surface area contributed by atoms with Gasteiger partial charge in [-0.15, -0.1) is 0 Å². The molecule has 2 aromatic rings. The Labute approximate surface area is 94.3 Å². The number of aryl methyl sites for hydroxylation is 2. The zero-order valence-corrected chi connectivity index (χ0v) is 9.51. The molecular weight excluding hydrogens is 202 g/mol. The molecule has 5 heteroatoms. The minimum Gasteiger partial charge on any atom is -0.383 e. The lowest BCUT2D eigenvalue weighted by Crippen LogP contribution is -2.06. The van der Waals surface area contributed by atoms with Crippen LogP contribution in [0, 0.1) is 6.92 Å². The lowest BCUT2D eigenvalue weighted by Gasteiger charge is -2.06. The first-order valence-corrected chi connectivity index (χ1v) is 5.28. The third-order valence-electron chi connectivity index (χ3n) is 2.48. The van der Waals surface area contributed by atoms with Gasteiger partial charge in [0.15, 0.2) is 0 Å². The third-order valence-corrected chi connectivity index (χ3v) is 2.48. The molecule has 0 saturated heterocycles. The second-order valence-corrected chi connectivity index (χ2v) is 3.73. The molecule has 16 heavy (non-hydrogen) atoms. The molecule has 84 valence electrons. The molecule has 2 N–H and O–H groups in total. The number of nitrogens with two attached hydrogens (primary N) is 1. The summed E-state index contributed by atoms with van der Waals surface area (Å²) in [5, 5.41) is 4.13. The van der Waals surface area contributed by atoms with Crippen LogP contribution in [0.3, 0.4) is 0 Å². The van der Waals surface area contributed by atoms with Crippen molar-refractivity contribution in [3.8, 4) is 0 Å². The standard InChI is InChI=1S/C11H15N5/c1-3-16-10(14-7-15-16)5-9-4-8(2)6-13-11(9)12/h4,6-7H,3,5H2,1-2H3,(H2,12,13). The fraction of sp³-hybridized carbons (Fsp3) is 0.364. The Kier molecular flexibility index (Phi) is 2.85. The van der Waals surface area contributed by atoms with E-state index >= 15 is 0 Å². The normalized spacial score (nSPS) is 10.6. The van der Waals surface area contributed by atoms with Crippen molar-refractivity contribution in [3.05, 3.63) is 35.5 Å². The average Bonchev–Trinajstić information content (AvgIpc) is 2.71. The van der Waals surface area contributed by atoms with Crippen LogP contribution < -0.4 is 5.73 Å². The van der Waals surface area contributed by atoms with Gasteiger partial charge in [0.2, 0.25) is 0 Å². The molecule has 0 saturated carbocycles. The minimum absolute atomic E-state index is 0.566. The summed E-state index contributed by atoms with van der Waals surface area (Å²) in [6.45, 7) is 4.85. The molecule has 0 radical (unpaired) electrons. The Bertz CT molecular complexity index is 489. The van der Waals surface area contributed by atoms with Crippen LogP contribution in [0.5, 0.6) is 0 Å². The van der Waals surface area contributed by atoms with E-state index in [0.29, 0.717) is 12.2 Å². The molecule has 0 atom stereocenters. The minimum atomic E-state index is 0.566. The molecule has 0 amide bonds. The molecule has 0 aliphatic rings. The molecule has 2 aromatic heterocycles. The van der Waals surface area contributed by atoms with Gasteiger partial charge in [0.25, 0.3) is 0 Å². The van der Waals surface area contributed by atoms with Crippen LogP contribution in [-0.2, 0) is 13.0 Å². The van der Waals surface area contributed by atoms with Crippen LogP contribution in [0.4, 0.5) is 5.82 Å². The van der Waals surface area contributed by atoms with E-state index < -0.39 is 0 Å². The molecule has 0 unspecified atom stereocenters. The maximum absolute atomic E-state index is 5.83. The highest BCUT2D eigenvalue weighted by Crippen LogP contribution is 2.14. The fourth-order valence-corrected chi connectivity index (χ4v) is 1.64. The van der Waals surface area contributed by atoms with Gasteiger partial charge in [-0.2, -0.15) is 5.10 Å². The molecule has 0 aliphatic carbocycles. The number of rotatable bonds is 3. The van der Waals surface area contributed by atoms with Crippen LogP contribution in [0.1, 0.15) is 23.9 Å². The Morgan fingerprint density at radius 3 is 2.94 bits per heavy atom. The highest BCUT2D eigenvalue weighted by molar-refractivity contribution is 5.42. The van der Waals surface area contributed by atoms with E-state index in [1.807, 2.05) is 24.6 Å². The monoisotopic (exact) mass is 217 g/mol. The van der Waals surface area contributed by atoms with E-state index in [4.69, 9.17) is 5.73 Å². The van der Waals surface area contributed by atoms with E-state index in [1.54, 1.807) is 12.5 Å². The van der Waals surface area contributed by atoms with Gasteiger partial charge in [-0.05, 0) is 19.4 Å². The maximum Gasteiger partial charge on any atom is 0.138 e. The van der Waals surface area contributed by atoms with Gasteiger partial charge in [-0.3, -0.25) is 4.68 Å². The van der Waals surface area contributed by atoms with E-state index in [-0.39, 0.29) is 0 Å². The van der Waals surface area contributed by atoms with Gasteiger partial charge in [0.1, 0.15) is 18.0 Å². The van der Waals surface area contributed by atoms with Crippen molar-refractivity contribution in [2.24, 2.45) is 0 Å². The van der Waals surface area contributed by atoms with E-state index in [1.165, 1.54) is 0 Å². The fourth-order valence-electron chi connectivity index (χ4n) is 1.64. The number of nitrogen functional groups attached to an aromatic ring is 1. The topological polar surface area (TPSA) is 69.6 Å². The highest BCUT2D eigenvalue weighted by atomic mass is 15.3. The van der Waals surface area contributed by atoms with Crippen LogP contribution in [0.25, 0.3) is 0 Å². The van der Waals surface area contributed by atoms with Crippen molar-refractivity contribution in [1.82, 2.24) is 19.7 Å². The Morgan fingerprint density at radius 2 is 2.19 bits per heavy atom. The summed E-state index contributed by atoms with van der Waals surface area (Å²) in [6.07, 6.45) is 4.01. The number of hydrogen-bond donors (Lipinski definition) is 1. The summed E-state index contributed by atoms with van der Waals surface area (Å²) in [7, 11) is 0. The second-order valence-electron chi connectivity index (χ2n) is 3.73. The summed E-state index contributed by atoms with van der Waals surface area (Å²) in [5.74, 6) is 1.48. The van der Waals surface area contributed by atoms with Crippen LogP contribution in [0.15, 0.2) is 18.6 Å². The van der Waals surface area contributed by atoms with E-state index in [0.717, 1.165) is 23.5 Å². The molecule has 5 nitrogen and oxygen atoms in total. The quantitative estimate of drug-likeness (QED) is 0.838. The highest BCUT2D eigenvalue weighted by Gasteiger charge is 2.07. The number of hydrogen-bond acceptors (Lipinski definition) is 4. The van der Waals surface area contributed by atoms with E-state index in [9.17, 15) is 0 Å². The van der Waals surface area contributed by atoms with Crippen molar-refractivity contribution < 1.29 is 0 Å². The Hall–Kier alpha value is -1.91. The summed E-state index contributed by atoms with van der Waals surface area (Å²) >= 11 is 0. The lowest BCUT2D eigenvalue weighted by atomic mass is 10.1. The van der Waals surface area contributed by atoms with Crippen molar-refractivity contribution >= 4 is 5.82 Å². The molecule has 0 spiro atoms. The smallest absolute Gasteiger partial charge is 0.138 e. The van der Waals surface area contributed by atoms with Gasteiger partial charge >= 0.3 is 0 Å². The summed E-state index contributed by atoms with van der Waals surface area (Å²) in [6, 6.07) is 2.04.